The van der Waals surface area contributed by atoms with Crippen molar-refractivity contribution in [3.05, 3.63) is 59.8 Å². The maximum Gasteiger partial charge on any atom is 0.335 e. The molecule has 0 amide bonds. The first-order valence-corrected chi connectivity index (χ1v) is 7.90. The predicted octanol–water partition coefficient (Wildman–Crippen LogP) is 4.53. The standard InChI is InChI=1S/C11H11NO2.C9H14O/c1-7-6-12(2)10-5-8(11(13)14)3-4-9(7)10;1-4-5-6-7-9(10)8(2)3/h3-6H,1-2H3,(H,13,14);4-8H,1-3H3/b;5-4-,7-6-. The van der Waals surface area contributed by atoms with Crippen molar-refractivity contribution in [2.24, 2.45) is 13.0 Å². The summed E-state index contributed by atoms with van der Waals surface area (Å²) in [4.78, 5) is 21.7. The summed E-state index contributed by atoms with van der Waals surface area (Å²) in [5.74, 6) is -0.592. The Morgan fingerprint density at radius 1 is 1.21 bits per heavy atom. The Morgan fingerprint density at radius 2 is 1.88 bits per heavy atom. The van der Waals surface area contributed by atoms with Gasteiger partial charge in [-0.2, -0.15) is 0 Å². The van der Waals surface area contributed by atoms with E-state index in [1.54, 1.807) is 24.3 Å². The van der Waals surface area contributed by atoms with Crippen LogP contribution in [0.15, 0.2) is 48.7 Å². The molecule has 1 aromatic carbocycles. The predicted molar refractivity (Wildman–Crippen MR) is 98.4 cm³/mol. The number of ketones is 1. The van der Waals surface area contributed by atoms with E-state index in [2.05, 4.69) is 0 Å². The van der Waals surface area contributed by atoms with Crippen LogP contribution < -0.4 is 0 Å². The number of fused-ring (bicyclic) bond motifs is 1. The molecule has 24 heavy (non-hydrogen) atoms. The fraction of sp³-hybridized carbons (Fsp3) is 0.300. The van der Waals surface area contributed by atoms with Gasteiger partial charge in [-0.1, -0.05) is 38.1 Å². The second-order valence-electron chi connectivity index (χ2n) is 5.90. The highest BCUT2D eigenvalue weighted by Crippen LogP contribution is 2.20. The van der Waals surface area contributed by atoms with Crippen molar-refractivity contribution in [2.75, 3.05) is 0 Å². The van der Waals surface area contributed by atoms with Crippen LogP contribution in [0.3, 0.4) is 0 Å². The van der Waals surface area contributed by atoms with Crippen LogP contribution >= 0.6 is 0 Å². The lowest BCUT2D eigenvalue weighted by Gasteiger charge is -1.98. The van der Waals surface area contributed by atoms with Gasteiger partial charge in [-0.3, -0.25) is 4.79 Å². The van der Waals surface area contributed by atoms with Crippen molar-refractivity contribution in [2.45, 2.75) is 27.7 Å². The molecular formula is C20H25NO3. The molecule has 0 aliphatic heterocycles. The van der Waals surface area contributed by atoms with Crippen LogP contribution in [-0.2, 0) is 11.8 Å². The van der Waals surface area contributed by atoms with E-state index in [-0.39, 0.29) is 11.7 Å². The van der Waals surface area contributed by atoms with Crippen LogP contribution in [-0.4, -0.2) is 21.4 Å². The van der Waals surface area contributed by atoms with E-state index >= 15 is 0 Å². The highest BCUT2D eigenvalue weighted by atomic mass is 16.4. The van der Waals surface area contributed by atoms with E-state index in [1.807, 2.05) is 63.7 Å². The maximum absolute atomic E-state index is 10.9. The van der Waals surface area contributed by atoms with Gasteiger partial charge in [0.05, 0.1) is 5.56 Å². The molecular weight excluding hydrogens is 302 g/mol. The van der Waals surface area contributed by atoms with E-state index in [4.69, 9.17) is 5.11 Å². The van der Waals surface area contributed by atoms with E-state index in [1.165, 1.54) is 5.56 Å². The second kappa shape index (κ2) is 8.87. The average Bonchev–Trinajstić information content (AvgIpc) is 2.82. The Hall–Kier alpha value is -2.62. The molecule has 1 N–H and O–H groups in total. The van der Waals surface area contributed by atoms with Crippen molar-refractivity contribution < 1.29 is 14.7 Å². The molecule has 0 bridgehead atoms. The molecule has 2 aromatic rings. The van der Waals surface area contributed by atoms with Gasteiger partial charge in [0, 0.05) is 30.1 Å². The SMILES string of the molecule is C/C=C\C=C/C(=O)C(C)C.Cc1cn(C)c2cc(C(=O)O)ccc12. The molecule has 4 nitrogen and oxygen atoms in total. The number of aromatic nitrogens is 1. The van der Waals surface area contributed by atoms with E-state index in [9.17, 15) is 9.59 Å². The summed E-state index contributed by atoms with van der Waals surface area (Å²) >= 11 is 0. The second-order valence-corrected chi connectivity index (χ2v) is 5.90. The number of carboxylic acids is 1. The fourth-order valence-electron chi connectivity index (χ4n) is 2.17. The number of carboxylic acid groups (broad SMARTS) is 1. The van der Waals surface area contributed by atoms with E-state index in [0.717, 1.165) is 10.9 Å². The van der Waals surface area contributed by atoms with Gasteiger partial charge in [0.2, 0.25) is 0 Å². The Kier molecular flexibility index (Phi) is 7.18. The zero-order valence-electron chi connectivity index (χ0n) is 14.9. The molecule has 0 saturated carbocycles. The van der Waals surface area contributed by atoms with Crippen LogP contribution in [0, 0.1) is 12.8 Å². The summed E-state index contributed by atoms with van der Waals surface area (Å²) in [6.07, 6.45) is 9.10. The number of hydrogen-bond acceptors (Lipinski definition) is 2. The maximum atomic E-state index is 10.9. The van der Waals surface area contributed by atoms with Crippen LogP contribution in [0.25, 0.3) is 10.9 Å². The number of rotatable bonds is 4. The number of aryl methyl sites for hydroxylation is 2. The minimum atomic E-state index is -0.884. The molecule has 2 rings (SSSR count). The quantitative estimate of drug-likeness (QED) is 0.663. The van der Waals surface area contributed by atoms with Gasteiger partial charge >= 0.3 is 5.97 Å². The average molecular weight is 327 g/mol. The first-order valence-electron chi connectivity index (χ1n) is 7.90. The van der Waals surface area contributed by atoms with Crippen LogP contribution in [0.1, 0.15) is 36.7 Å². The molecule has 0 spiro atoms. The summed E-state index contributed by atoms with van der Waals surface area (Å²) in [5, 5.41) is 9.94. The summed E-state index contributed by atoms with van der Waals surface area (Å²) in [7, 11) is 1.92. The monoisotopic (exact) mass is 327 g/mol. The lowest BCUT2D eigenvalue weighted by Crippen LogP contribution is -2.01. The first kappa shape index (κ1) is 19.4. The third kappa shape index (κ3) is 5.23. The minimum Gasteiger partial charge on any atom is -0.478 e. The van der Waals surface area contributed by atoms with Crippen LogP contribution in [0.2, 0.25) is 0 Å². The van der Waals surface area contributed by atoms with Crippen LogP contribution in [0.5, 0.6) is 0 Å². The molecule has 1 heterocycles. The zero-order chi connectivity index (χ0) is 18.3. The minimum absolute atomic E-state index is 0.113. The zero-order valence-corrected chi connectivity index (χ0v) is 14.9. The Morgan fingerprint density at radius 3 is 2.42 bits per heavy atom. The number of allylic oxidation sites excluding steroid dienone is 4. The fourth-order valence-corrected chi connectivity index (χ4v) is 2.17. The number of carbonyl (C=O) groups is 2. The highest BCUT2D eigenvalue weighted by molar-refractivity contribution is 5.94. The van der Waals surface area contributed by atoms with Gasteiger partial charge in [0.1, 0.15) is 0 Å². The molecule has 0 atom stereocenters. The molecule has 0 fully saturated rings. The highest BCUT2D eigenvalue weighted by Gasteiger charge is 2.07. The Labute approximate surface area is 143 Å². The van der Waals surface area contributed by atoms with Crippen molar-refractivity contribution in [1.29, 1.82) is 0 Å². The Bertz CT molecular complexity index is 780. The van der Waals surface area contributed by atoms with Gasteiger partial charge in [-0.25, -0.2) is 4.79 Å². The third-order valence-corrected chi connectivity index (χ3v) is 3.57. The van der Waals surface area contributed by atoms with Crippen molar-refractivity contribution in [3.8, 4) is 0 Å². The largest absolute Gasteiger partial charge is 0.478 e. The molecule has 0 radical (unpaired) electrons. The van der Waals surface area contributed by atoms with Gasteiger partial charge in [0.15, 0.2) is 5.78 Å². The molecule has 4 heteroatoms. The third-order valence-electron chi connectivity index (χ3n) is 3.57. The number of nitrogens with zero attached hydrogens (tertiary/aromatic N) is 1. The topological polar surface area (TPSA) is 59.3 Å². The molecule has 128 valence electrons. The normalized spacial score (nSPS) is 11.2. The molecule has 0 aliphatic rings. The molecule has 0 saturated heterocycles. The van der Waals surface area contributed by atoms with Crippen LogP contribution in [0.4, 0.5) is 0 Å². The lowest BCUT2D eigenvalue weighted by atomic mass is 10.1. The number of hydrogen-bond donors (Lipinski definition) is 1. The summed E-state index contributed by atoms with van der Waals surface area (Å²) in [5.41, 5.74) is 2.46. The van der Waals surface area contributed by atoms with Crippen molar-refractivity contribution in [3.63, 3.8) is 0 Å². The van der Waals surface area contributed by atoms with Gasteiger partial charge in [-0.05, 0) is 37.6 Å². The molecule has 0 unspecified atom stereocenters. The number of aromatic carboxylic acids is 1. The first-order chi connectivity index (χ1) is 11.3. The van der Waals surface area contributed by atoms with Crippen molar-refractivity contribution in [1.82, 2.24) is 4.57 Å². The van der Waals surface area contributed by atoms with Gasteiger partial charge in [0.25, 0.3) is 0 Å². The molecule has 1 aromatic heterocycles. The van der Waals surface area contributed by atoms with Crippen molar-refractivity contribution >= 4 is 22.7 Å². The lowest BCUT2D eigenvalue weighted by molar-refractivity contribution is -0.117. The van der Waals surface area contributed by atoms with E-state index in [0.29, 0.717) is 5.56 Å². The summed E-state index contributed by atoms with van der Waals surface area (Å²) in [6, 6.07) is 5.19. The number of carbonyl (C=O) groups excluding carboxylic acids is 1. The van der Waals surface area contributed by atoms with E-state index < -0.39 is 5.97 Å². The smallest absolute Gasteiger partial charge is 0.335 e. The Balaban J connectivity index is 0.000000257. The molecule has 0 aliphatic carbocycles. The van der Waals surface area contributed by atoms with Gasteiger partial charge in [-0.15, -0.1) is 0 Å². The summed E-state index contributed by atoms with van der Waals surface area (Å²) < 4.78 is 1.94. The summed E-state index contributed by atoms with van der Waals surface area (Å²) in [6.45, 7) is 7.72. The van der Waals surface area contributed by atoms with Gasteiger partial charge < -0.3 is 9.67 Å². The number of benzene rings is 1.